The second kappa shape index (κ2) is 7.00. The average molecular weight is 409 g/mol. The van der Waals surface area contributed by atoms with Crippen molar-refractivity contribution in [3.05, 3.63) is 53.1 Å². The summed E-state index contributed by atoms with van der Waals surface area (Å²) in [5.74, 6) is 1.56. The first-order chi connectivity index (χ1) is 12.6. The van der Waals surface area contributed by atoms with Gasteiger partial charge >= 0.3 is 0 Å². The fourth-order valence-corrected chi connectivity index (χ4v) is 4.65. The van der Waals surface area contributed by atoms with E-state index in [1.54, 1.807) is 19.2 Å². The fourth-order valence-electron chi connectivity index (χ4n) is 3.97. The van der Waals surface area contributed by atoms with Gasteiger partial charge in [0.1, 0.15) is 5.75 Å². The van der Waals surface area contributed by atoms with Crippen molar-refractivity contribution in [2.45, 2.75) is 24.7 Å². The van der Waals surface area contributed by atoms with Crippen molar-refractivity contribution < 1.29 is 13.2 Å². The van der Waals surface area contributed by atoms with Crippen LogP contribution < -0.4 is 14.8 Å². The van der Waals surface area contributed by atoms with E-state index in [1.807, 2.05) is 37.4 Å². The van der Waals surface area contributed by atoms with Gasteiger partial charge < -0.3 is 9.64 Å². The molecule has 0 saturated heterocycles. The summed E-state index contributed by atoms with van der Waals surface area (Å²) in [5.41, 5.74) is 2.20. The van der Waals surface area contributed by atoms with Gasteiger partial charge in [-0.15, -0.1) is 0 Å². The first-order valence-electron chi connectivity index (χ1n) is 8.73. The van der Waals surface area contributed by atoms with Crippen LogP contribution in [0, 0.1) is 11.3 Å². The van der Waals surface area contributed by atoms with Gasteiger partial charge in [0.25, 0.3) is 0 Å². The normalized spacial score (nSPS) is 21.0. The van der Waals surface area contributed by atoms with Gasteiger partial charge in [-0.25, -0.2) is 13.6 Å². The van der Waals surface area contributed by atoms with E-state index in [0.717, 1.165) is 23.5 Å². The number of nitrogens with two attached hydrogens (primary N) is 1. The number of hydrogen-bond acceptors (Lipinski definition) is 4. The molecular weight excluding hydrogens is 384 g/mol. The summed E-state index contributed by atoms with van der Waals surface area (Å²) in [7, 11) is 0.0132. The molecule has 7 heteroatoms. The first kappa shape index (κ1) is 20.0. The van der Waals surface area contributed by atoms with Crippen molar-refractivity contribution in [1.29, 1.82) is 0 Å². The van der Waals surface area contributed by atoms with Crippen LogP contribution in [0.15, 0.2) is 47.4 Å². The van der Waals surface area contributed by atoms with Crippen molar-refractivity contribution in [3.8, 4) is 5.75 Å². The second-order valence-corrected chi connectivity index (χ2v) is 9.71. The van der Waals surface area contributed by atoms with Crippen molar-refractivity contribution in [1.82, 2.24) is 0 Å². The molecule has 0 aromatic heterocycles. The van der Waals surface area contributed by atoms with E-state index < -0.39 is 10.0 Å². The number of primary sulfonamides is 1. The molecule has 2 aromatic carbocycles. The Morgan fingerprint density at radius 3 is 2.37 bits per heavy atom. The Labute approximate surface area is 166 Å². The maximum absolute atomic E-state index is 11.5. The molecular formula is C20H25ClN2O3S. The summed E-state index contributed by atoms with van der Waals surface area (Å²) < 4.78 is 28.4. The summed E-state index contributed by atoms with van der Waals surface area (Å²) in [6.45, 7) is 5.31. The van der Waals surface area contributed by atoms with Crippen LogP contribution in [0.2, 0.25) is 5.02 Å². The minimum atomic E-state index is -3.67. The lowest BCUT2D eigenvalue weighted by Gasteiger charge is -2.22. The number of methoxy groups -OCH3 is 1. The molecule has 27 heavy (non-hydrogen) atoms. The molecule has 1 fully saturated rings. The van der Waals surface area contributed by atoms with Crippen molar-refractivity contribution >= 4 is 27.3 Å². The van der Waals surface area contributed by atoms with Crippen LogP contribution in [0.4, 0.5) is 5.69 Å². The van der Waals surface area contributed by atoms with Gasteiger partial charge in [0.05, 0.1) is 17.7 Å². The number of benzene rings is 2. The number of rotatable bonds is 6. The van der Waals surface area contributed by atoms with Crippen LogP contribution in [0.3, 0.4) is 0 Å². The van der Waals surface area contributed by atoms with Crippen LogP contribution in [-0.4, -0.2) is 29.1 Å². The number of hydrogen-bond donors (Lipinski definition) is 1. The summed E-state index contributed by atoms with van der Waals surface area (Å²) in [5, 5.41) is 5.86. The molecule has 0 unspecified atom stereocenters. The minimum absolute atomic E-state index is 0.114. The van der Waals surface area contributed by atoms with Gasteiger partial charge in [0.2, 0.25) is 10.0 Å². The zero-order valence-corrected chi connectivity index (χ0v) is 17.5. The van der Waals surface area contributed by atoms with Gasteiger partial charge in [-0.05, 0) is 53.1 Å². The maximum atomic E-state index is 11.5. The fraction of sp³-hybridized carbons (Fsp3) is 0.400. The predicted octanol–water partition coefficient (Wildman–Crippen LogP) is 3.87. The Kier molecular flexibility index (Phi) is 5.18. The Morgan fingerprint density at radius 2 is 1.81 bits per heavy atom. The molecule has 1 saturated carbocycles. The largest absolute Gasteiger partial charge is 0.495 e. The molecule has 0 heterocycles. The standard InChI is InChI=1S/C20H25ClN2O3S/c1-20(2)16(12-23(3)17-11-14(21)7-10-18(17)26-4)19(20)13-5-8-15(9-6-13)27(22,24)25/h5-11,16,19H,12H2,1-4H3,(H2,22,24,25)/t16-,19-/m0/s1. The number of ether oxygens (including phenoxy) is 1. The Hall–Kier alpha value is -1.76. The smallest absolute Gasteiger partial charge is 0.238 e. The second-order valence-electron chi connectivity index (χ2n) is 7.72. The van der Waals surface area contributed by atoms with E-state index in [4.69, 9.17) is 21.5 Å². The Bertz CT molecular complexity index is 942. The van der Waals surface area contributed by atoms with Crippen molar-refractivity contribution in [3.63, 3.8) is 0 Å². The molecule has 0 amide bonds. The van der Waals surface area contributed by atoms with Gasteiger partial charge in [0.15, 0.2) is 0 Å². The molecule has 3 rings (SSSR count). The van der Waals surface area contributed by atoms with Crippen molar-refractivity contribution in [2.75, 3.05) is 25.6 Å². The number of anilines is 1. The van der Waals surface area contributed by atoms with E-state index in [2.05, 4.69) is 18.7 Å². The van der Waals surface area contributed by atoms with Gasteiger partial charge in [-0.3, -0.25) is 0 Å². The lowest BCUT2D eigenvalue weighted by Crippen LogP contribution is -2.22. The topological polar surface area (TPSA) is 72.6 Å². The summed E-state index contributed by atoms with van der Waals surface area (Å²) >= 11 is 6.16. The van der Waals surface area contributed by atoms with E-state index >= 15 is 0 Å². The molecule has 2 atom stereocenters. The third kappa shape index (κ3) is 3.93. The molecule has 0 aliphatic heterocycles. The lowest BCUT2D eigenvalue weighted by molar-refractivity contribution is 0.414. The molecule has 0 radical (unpaired) electrons. The summed E-state index contributed by atoms with van der Waals surface area (Å²) in [4.78, 5) is 2.30. The minimum Gasteiger partial charge on any atom is -0.495 e. The average Bonchev–Trinajstić information content (AvgIpc) is 3.14. The zero-order valence-electron chi connectivity index (χ0n) is 15.9. The summed E-state index contributed by atoms with van der Waals surface area (Å²) in [6, 6.07) is 12.5. The van der Waals surface area contributed by atoms with Gasteiger partial charge in [-0.1, -0.05) is 37.6 Å². The molecule has 1 aliphatic rings. The molecule has 5 nitrogen and oxygen atoms in total. The predicted molar refractivity (Wildman–Crippen MR) is 109 cm³/mol. The highest BCUT2D eigenvalue weighted by molar-refractivity contribution is 7.89. The van der Waals surface area contributed by atoms with E-state index in [0.29, 0.717) is 16.9 Å². The first-order valence-corrected chi connectivity index (χ1v) is 10.7. The monoisotopic (exact) mass is 408 g/mol. The van der Waals surface area contributed by atoms with Gasteiger partial charge in [0, 0.05) is 18.6 Å². The maximum Gasteiger partial charge on any atom is 0.238 e. The van der Waals surface area contributed by atoms with E-state index in [1.165, 1.54) is 0 Å². The number of sulfonamides is 1. The molecule has 146 valence electrons. The molecule has 1 aliphatic carbocycles. The number of halogens is 1. The zero-order chi connectivity index (χ0) is 20.0. The van der Waals surface area contributed by atoms with Gasteiger partial charge in [-0.2, -0.15) is 0 Å². The SMILES string of the molecule is COc1ccc(Cl)cc1N(C)C[C@H]1[C@H](c2ccc(S(N)(=O)=O)cc2)C1(C)C. The molecule has 2 N–H and O–H groups in total. The third-order valence-corrected chi connectivity index (χ3v) is 6.81. The Morgan fingerprint density at radius 1 is 1.19 bits per heavy atom. The van der Waals surface area contributed by atoms with Crippen LogP contribution in [0.5, 0.6) is 5.75 Å². The molecule has 0 bridgehead atoms. The lowest BCUT2D eigenvalue weighted by atomic mass is 10.0. The Balaban J connectivity index is 1.79. The molecule has 0 spiro atoms. The third-order valence-electron chi connectivity index (χ3n) is 5.64. The highest BCUT2D eigenvalue weighted by Gasteiger charge is 2.58. The molecule has 2 aromatic rings. The highest BCUT2D eigenvalue weighted by atomic mass is 35.5. The highest BCUT2D eigenvalue weighted by Crippen LogP contribution is 2.64. The van der Waals surface area contributed by atoms with Crippen LogP contribution >= 0.6 is 11.6 Å². The van der Waals surface area contributed by atoms with Crippen LogP contribution in [0.1, 0.15) is 25.3 Å². The van der Waals surface area contributed by atoms with Crippen LogP contribution in [-0.2, 0) is 10.0 Å². The summed E-state index contributed by atoms with van der Waals surface area (Å²) in [6.07, 6.45) is 0. The number of nitrogens with zero attached hydrogens (tertiary/aromatic N) is 1. The van der Waals surface area contributed by atoms with E-state index in [-0.39, 0.29) is 10.3 Å². The quantitative estimate of drug-likeness (QED) is 0.787. The van der Waals surface area contributed by atoms with Crippen molar-refractivity contribution in [2.24, 2.45) is 16.5 Å². The van der Waals surface area contributed by atoms with Crippen LogP contribution in [0.25, 0.3) is 0 Å². The van der Waals surface area contributed by atoms with E-state index in [9.17, 15) is 8.42 Å².